The summed E-state index contributed by atoms with van der Waals surface area (Å²) >= 11 is 3.61. The van der Waals surface area contributed by atoms with E-state index in [4.69, 9.17) is 4.74 Å². The molecule has 3 heterocycles. The standard InChI is InChI=1S/C21H25BrN2O2/c1-3-20-7-4-9-24-10-8-21(19(20)24)15-6-5-13(22)11-16(15)23-17(21)14(12-20)18(25)26-2/h5-6,11,19,23H,3-4,7-10,12H2,1-2H3/t19-,20-,21-/m0/s1. The number of nitrogens with zero attached hydrogens (tertiary/aromatic N) is 1. The number of esters is 1. The highest BCUT2D eigenvalue weighted by Crippen LogP contribution is 2.65. The van der Waals surface area contributed by atoms with Crippen molar-refractivity contribution in [3.63, 3.8) is 0 Å². The van der Waals surface area contributed by atoms with Gasteiger partial charge in [0.15, 0.2) is 0 Å². The highest BCUT2D eigenvalue weighted by Gasteiger charge is 2.66. The normalized spacial score (nSPS) is 34.8. The number of rotatable bonds is 2. The van der Waals surface area contributed by atoms with Gasteiger partial charge in [0.1, 0.15) is 0 Å². The van der Waals surface area contributed by atoms with Gasteiger partial charge in [-0.3, -0.25) is 4.90 Å². The molecule has 0 saturated carbocycles. The fraction of sp³-hybridized carbons (Fsp3) is 0.571. The molecule has 0 radical (unpaired) electrons. The number of halogens is 1. The second-order valence-electron chi connectivity index (χ2n) is 8.32. The summed E-state index contributed by atoms with van der Waals surface area (Å²) in [4.78, 5) is 15.5. The van der Waals surface area contributed by atoms with E-state index in [1.54, 1.807) is 0 Å². The summed E-state index contributed by atoms with van der Waals surface area (Å²) in [6.45, 7) is 4.60. The van der Waals surface area contributed by atoms with Crippen LogP contribution in [-0.4, -0.2) is 37.1 Å². The molecule has 0 unspecified atom stereocenters. The summed E-state index contributed by atoms with van der Waals surface area (Å²) in [6.07, 6.45) is 5.44. The number of benzene rings is 1. The minimum Gasteiger partial charge on any atom is -0.466 e. The van der Waals surface area contributed by atoms with E-state index in [9.17, 15) is 4.79 Å². The van der Waals surface area contributed by atoms with E-state index in [1.807, 2.05) is 0 Å². The van der Waals surface area contributed by atoms with Crippen molar-refractivity contribution in [2.45, 2.75) is 50.5 Å². The highest BCUT2D eigenvalue weighted by molar-refractivity contribution is 9.10. The van der Waals surface area contributed by atoms with Crippen LogP contribution < -0.4 is 5.32 Å². The lowest BCUT2D eigenvalue weighted by atomic mass is 9.53. The monoisotopic (exact) mass is 416 g/mol. The summed E-state index contributed by atoms with van der Waals surface area (Å²) in [6, 6.07) is 7.04. The molecule has 138 valence electrons. The minimum absolute atomic E-state index is 0.0891. The maximum absolute atomic E-state index is 12.8. The molecule has 2 saturated heterocycles. The topological polar surface area (TPSA) is 41.6 Å². The average molecular weight is 417 g/mol. The van der Waals surface area contributed by atoms with Gasteiger partial charge in [0.2, 0.25) is 0 Å². The maximum atomic E-state index is 12.8. The van der Waals surface area contributed by atoms with Crippen LogP contribution >= 0.6 is 15.9 Å². The van der Waals surface area contributed by atoms with E-state index in [0.29, 0.717) is 6.04 Å². The van der Waals surface area contributed by atoms with E-state index in [-0.39, 0.29) is 16.8 Å². The van der Waals surface area contributed by atoms with Crippen LogP contribution in [-0.2, 0) is 14.9 Å². The number of nitrogens with one attached hydrogen (secondary N) is 1. The van der Waals surface area contributed by atoms with Crippen LogP contribution in [0.25, 0.3) is 0 Å². The number of ether oxygens (including phenoxy) is 1. The summed E-state index contributed by atoms with van der Waals surface area (Å²) in [5.41, 5.74) is 4.59. The second kappa shape index (κ2) is 5.59. The molecule has 5 heteroatoms. The molecular formula is C21H25BrN2O2. The Balaban J connectivity index is 1.81. The number of methoxy groups -OCH3 is 1. The van der Waals surface area contributed by atoms with Gasteiger partial charge in [-0.15, -0.1) is 0 Å². The Labute approximate surface area is 163 Å². The van der Waals surface area contributed by atoms with Gasteiger partial charge in [-0.1, -0.05) is 28.9 Å². The Morgan fingerprint density at radius 2 is 2.23 bits per heavy atom. The van der Waals surface area contributed by atoms with Crippen LogP contribution in [0.5, 0.6) is 0 Å². The van der Waals surface area contributed by atoms with Crippen molar-refractivity contribution < 1.29 is 9.53 Å². The van der Waals surface area contributed by atoms with Gasteiger partial charge < -0.3 is 10.1 Å². The van der Waals surface area contributed by atoms with Crippen molar-refractivity contribution in [3.8, 4) is 0 Å². The van der Waals surface area contributed by atoms with Gasteiger partial charge in [0.25, 0.3) is 0 Å². The number of piperidine rings is 1. The Kier molecular flexibility index (Phi) is 3.61. The minimum atomic E-state index is -0.158. The quantitative estimate of drug-likeness (QED) is 0.733. The Morgan fingerprint density at radius 1 is 1.38 bits per heavy atom. The molecule has 0 aromatic heterocycles. The third-order valence-electron chi connectivity index (χ3n) is 7.46. The van der Waals surface area contributed by atoms with Crippen molar-refractivity contribution in [1.29, 1.82) is 0 Å². The van der Waals surface area contributed by atoms with Crippen molar-refractivity contribution in [2.24, 2.45) is 5.41 Å². The molecule has 1 N–H and O–H groups in total. The van der Waals surface area contributed by atoms with Gasteiger partial charge >= 0.3 is 5.97 Å². The number of fused-ring (bicyclic) bond motifs is 1. The first kappa shape index (κ1) is 16.8. The van der Waals surface area contributed by atoms with Gasteiger partial charge in [-0.25, -0.2) is 4.79 Å². The van der Waals surface area contributed by atoms with Crippen molar-refractivity contribution >= 4 is 27.6 Å². The molecule has 4 nitrogen and oxygen atoms in total. The third kappa shape index (κ3) is 1.91. The highest BCUT2D eigenvalue weighted by atomic mass is 79.9. The molecule has 5 rings (SSSR count). The fourth-order valence-corrected chi connectivity index (χ4v) is 6.88. The molecule has 0 amide bonds. The fourth-order valence-electron chi connectivity index (χ4n) is 6.52. The molecule has 0 bridgehead atoms. The zero-order valence-electron chi connectivity index (χ0n) is 15.4. The summed E-state index contributed by atoms with van der Waals surface area (Å²) in [5, 5.41) is 3.66. The molecule has 26 heavy (non-hydrogen) atoms. The first-order valence-corrected chi connectivity index (χ1v) is 10.5. The largest absolute Gasteiger partial charge is 0.466 e. The zero-order valence-corrected chi connectivity index (χ0v) is 17.0. The molecule has 4 aliphatic rings. The van der Waals surface area contributed by atoms with Crippen molar-refractivity contribution in [1.82, 2.24) is 4.90 Å². The molecule has 1 aromatic rings. The molecular weight excluding hydrogens is 392 g/mol. The number of hydrogen-bond donors (Lipinski definition) is 1. The second-order valence-corrected chi connectivity index (χ2v) is 9.23. The van der Waals surface area contributed by atoms with E-state index >= 15 is 0 Å². The average Bonchev–Trinajstić information content (AvgIpc) is 3.20. The van der Waals surface area contributed by atoms with E-state index < -0.39 is 0 Å². The van der Waals surface area contributed by atoms with Crippen LogP contribution in [0.3, 0.4) is 0 Å². The maximum Gasteiger partial charge on any atom is 0.335 e. The SMILES string of the molecule is CC[C@]12CCCN3CC[C@]4(C(=C(C(=O)OC)C1)Nc1cc(Br)ccc14)[C@@H]32. The molecule has 3 aliphatic heterocycles. The smallest absolute Gasteiger partial charge is 0.335 e. The van der Waals surface area contributed by atoms with Gasteiger partial charge in [0, 0.05) is 21.9 Å². The number of hydrogen-bond acceptors (Lipinski definition) is 4. The first-order chi connectivity index (χ1) is 12.6. The van der Waals surface area contributed by atoms with E-state index in [0.717, 1.165) is 47.2 Å². The summed E-state index contributed by atoms with van der Waals surface area (Å²) < 4.78 is 6.30. The van der Waals surface area contributed by atoms with Crippen LogP contribution in [0.4, 0.5) is 5.69 Å². The van der Waals surface area contributed by atoms with Crippen molar-refractivity contribution in [3.05, 3.63) is 39.5 Å². The Bertz CT molecular complexity index is 835. The zero-order chi connectivity index (χ0) is 18.1. The van der Waals surface area contributed by atoms with Crippen LogP contribution in [0, 0.1) is 5.41 Å². The number of carbonyl (C=O) groups is 1. The van der Waals surface area contributed by atoms with Crippen LogP contribution in [0.1, 0.15) is 44.6 Å². The predicted octanol–water partition coefficient (Wildman–Crippen LogP) is 4.21. The number of carbonyl (C=O) groups excluding carboxylic acids is 1. The van der Waals surface area contributed by atoms with Gasteiger partial charge in [0.05, 0.1) is 18.1 Å². The first-order valence-electron chi connectivity index (χ1n) is 9.69. The summed E-state index contributed by atoms with van der Waals surface area (Å²) in [7, 11) is 1.51. The lowest BCUT2D eigenvalue weighted by molar-refractivity contribution is -0.137. The molecule has 3 atom stereocenters. The van der Waals surface area contributed by atoms with Gasteiger partial charge in [-0.05, 0) is 68.3 Å². The Morgan fingerprint density at radius 3 is 3.00 bits per heavy atom. The molecule has 1 aliphatic carbocycles. The van der Waals surface area contributed by atoms with Gasteiger partial charge in [-0.2, -0.15) is 0 Å². The molecule has 2 fully saturated rings. The van der Waals surface area contributed by atoms with E-state index in [2.05, 4.69) is 51.3 Å². The molecule has 1 spiro atoms. The summed E-state index contributed by atoms with van der Waals surface area (Å²) in [5.74, 6) is -0.158. The Hall–Kier alpha value is -1.33. The van der Waals surface area contributed by atoms with Crippen LogP contribution in [0.2, 0.25) is 0 Å². The lowest BCUT2D eigenvalue weighted by Gasteiger charge is -2.56. The molecule has 1 aromatic carbocycles. The predicted molar refractivity (Wildman–Crippen MR) is 105 cm³/mol. The van der Waals surface area contributed by atoms with Crippen molar-refractivity contribution in [2.75, 3.05) is 25.5 Å². The third-order valence-corrected chi connectivity index (χ3v) is 7.95. The lowest BCUT2D eigenvalue weighted by Crippen LogP contribution is -2.59. The van der Waals surface area contributed by atoms with Crippen LogP contribution in [0.15, 0.2) is 33.9 Å². The number of anilines is 1. The van der Waals surface area contributed by atoms with E-state index in [1.165, 1.54) is 32.1 Å².